The lowest BCUT2D eigenvalue weighted by molar-refractivity contribution is -0.139. The standard InChI is InChI=1S/C21H18ClNO6S/c1-12-4-3-5-13(6-12)10-23-20(26)17(30-21(23)27)9-14-7-15(22)19(16(8-14)28-2)29-11-18(24)25/h3-9H,10-11H2,1-2H3,(H,24,25)/b17-9-. The van der Waals surface area contributed by atoms with Crippen molar-refractivity contribution in [3.05, 3.63) is 63.0 Å². The minimum absolute atomic E-state index is 0.0891. The predicted molar refractivity (Wildman–Crippen MR) is 114 cm³/mol. The SMILES string of the molecule is COc1cc(/C=C2\SC(=O)N(Cc3cccc(C)c3)C2=O)cc(Cl)c1OCC(=O)O. The third-order valence-electron chi connectivity index (χ3n) is 4.19. The van der Waals surface area contributed by atoms with E-state index in [1.165, 1.54) is 24.2 Å². The van der Waals surface area contributed by atoms with Crippen LogP contribution in [0.5, 0.6) is 11.5 Å². The number of carbonyl (C=O) groups excluding carboxylic acids is 2. The Labute approximate surface area is 182 Å². The predicted octanol–water partition coefficient (Wildman–Crippen LogP) is 4.36. The Kier molecular flexibility index (Phi) is 6.69. The van der Waals surface area contributed by atoms with Crippen LogP contribution in [0.15, 0.2) is 41.3 Å². The van der Waals surface area contributed by atoms with Gasteiger partial charge in [-0.05, 0) is 48.0 Å². The molecule has 2 aromatic carbocycles. The maximum Gasteiger partial charge on any atom is 0.341 e. The molecule has 0 aromatic heterocycles. The van der Waals surface area contributed by atoms with Crippen LogP contribution in [0.25, 0.3) is 6.08 Å². The number of rotatable bonds is 7. The Bertz CT molecular complexity index is 1050. The van der Waals surface area contributed by atoms with Crippen molar-refractivity contribution in [3.8, 4) is 11.5 Å². The molecule has 1 aliphatic heterocycles. The number of hydrogen-bond donors (Lipinski definition) is 1. The van der Waals surface area contributed by atoms with Crippen molar-refractivity contribution in [2.75, 3.05) is 13.7 Å². The van der Waals surface area contributed by atoms with E-state index in [2.05, 4.69) is 0 Å². The number of aliphatic carboxylic acids is 1. The fourth-order valence-corrected chi connectivity index (χ4v) is 3.99. The van der Waals surface area contributed by atoms with Gasteiger partial charge in [0.15, 0.2) is 18.1 Å². The fourth-order valence-electron chi connectivity index (χ4n) is 2.88. The quantitative estimate of drug-likeness (QED) is 0.630. The molecule has 0 aliphatic carbocycles. The molecule has 0 saturated carbocycles. The van der Waals surface area contributed by atoms with Gasteiger partial charge in [0.2, 0.25) is 0 Å². The maximum atomic E-state index is 12.8. The number of imide groups is 1. The van der Waals surface area contributed by atoms with Crippen molar-refractivity contribution < 1.29 is 29.0 Å². The summed E-state index contributed by atoms with van der Waals surface area (Å²) in [5.41, 5.74) is 2.42. The first-order valence-corrected chi connectivity index (χ1v) is 10.0. The minimum atomic E-state index is -1.15. The molecule has 1 N–H and O–H groups in total. The Balaban J connectivity index is 1.84. The number of carboxylic acids is 1. The molecule has 7 nitrogen and oxygen atoms in total. The van der Waals surface area contributed by atoms with E-state index < -0.39 is 18.5 Å². The summed E-state index contributed by atoms with van der Waals surface area (Å²) in [7, 11) is 1.39. The second-order valence-electron chi connectivity index (χ2n) is 6.47. The Morgan fingerprint density at radius 3 is 2.70 bits per heavy atom. The first-order valence-electron chi connectivity index (χ1n) is 8.81. The summed E-state index contributed by atoms with van der Waals surface area (Å²) in [5.74, 6) is -1.24. The van der Waals surface area contributed by atoms with E-state index in [4.69, 9.17) is 26.2 Å². The number of benzene rings is 2. The highest BCUT2D eigenvalue weighted by atomic mass is 35.5. The van der Waals surface area contributed by atoms with Crippen molar-refractivity contribution in [2.45, 2.75) is 13.5 Å². The molecule has 1 saturated heterocycles. The molecule has 1 fully saturated rings. The van der Waals surface area contributed by atoms with Gasteiger partial charge in [-0.25, -0.2) is 4.79 Å². The highest BCUT2D eigenvalue weighted by Gasteiger charge is 2.35. The van der Waals surface area contributed by atoms with Crippen LogP contribution in [0.4, 0.5) is 4.79 Å². The second kappa shape index (κ2) is 9.23. The van der Waals surface area contributed by atoms with Crippen molar-refractivity contribution in [1.29, 1.82) is 0 Å². The van der Waals surface area contributed by atoms with E-state index in [0.29, 0.717) is 5.56 Å². The lowest BCUT2D eigenvalue weighted by atomic mass is 10.1. The molecule has 3 rings (SSSR count). The minimum Gasteiger partial charge on any atom is -0.493 e. The van der Waals surface area contributed by atoms with Gasteiger partial charge in [-0.2, -0.15) is 0 Å². The van der Waals surface area contributed by atoms with Crippen LogP contribution in [0.1, 0.15) is 16.7 Å². The van der Waals surface area contributed by atoms with Crippen molar-refractivity contribution in [1.82, 2.24) is 4.90 Å². The van der Waals surface area contributed by atoms with E-state index >= 15 is 0 Å². The van der Waals surface area contributed by atoms with Gasteiger partial charge in [0.25, 0.3) is 11.1 Å². The monoisotopic (exact) mass is 447 g/mol. The molecule has 0 spiro atoms. The van der Waals surface area contributed by atoms with Gasteiger partial charge in [-0.15, -0.1) is 0 Å². The fraction of sp³-hybridized carbons (Fsp3) is 0.190. The number of ether oxygens (including phenoxy) is 2. The van der Waals surface area contributed by atoms with Gasteiger partial charge in [0, 0.05) is 0 Å². The molecule has 0 bridgehead atoms. The third-order valence-corrected chi connectivity index (χ3v) is 5.37. The van der Waals surface area contributed by atoms with Gasteiger partial charge >= 0.3 is 5.97 Å². The lowest BCUT2D eigenvalue weighted by Gasteiger charge is -2.13. The summed E-state index contributed by atoms with van der Waals surface area (Å²) in [6.45, 7) is 1.56. The highest BCUT2D eigenvalue weighted by Crippen LogP contribution is 2.39. The van der Waals surface area contributed by atoms with Crippen LogP contribution < -0.4 is 9.47 Å². The Morgan fingerprint density at radius 2 is 2.03 bits per heavy atom. The average molecular weight is 448 g/mol. The van der Waals surface area contributed by atoms with Gasteiger partial charge in [-0.3, -0.25) is 14.5 Å². The zero-order valence-corrected chi connectivity index (χ0v) is 17.7. The van der Waals surface area contributed by atoms with Crippen LogP contribution >= 0.6 is 23.4 Å². The zero-order valence-electron chi connectivity index (χ0n) is 16.2. The molecule has 1 aliphatic rings. The molecule has 156 valence electrons. The number of carboxylic acid groups (broad SMARTS) is 1. The summed E-state index contributed by atoms with van der Waals surface area (Å²) < 4.78 is 10.4. The van der Waals surface area contributed by atoms with Crippen LogP contribution in [0.2, 0.25) is 5.02 Å². The highest BCUT2D eigenvalue weighted by molar-refractivity contribution is 8.18. The molecule has 1 heterocycles. The van der Waals surface area contributed by atoms with Crippen LogP contribution in [-0.2, 0) is 16.1 Å². The molecular weight excluding hydrogens is 430 g/mol. The Hall–Kier alpha value is -2.97. The zero-order chi connectivity index (χ0) is 21.8. The third kappa shape index (κ3) is 4.95. The number of hydrogen-bond acceptors (Lipinski definition) is 6. The number of aryl methyl sites for hydroxylation is 1. The van der Waals surface area contributed by atoms with Crippen molar-refractivity contribution >= 4 is 46.6 Å². The first-order chi connectivity index (χ1) is 14.3. The molecule has 9 heteroatoms. The summed E-state index contributed by atoms with van der Waals surface area (Å²) in [5, 5.41) is 8.55. The maximum absolute atomic E-state index is 12.8. The summed E-state index contributed by atoms with van der Waals surface area (Å²) in [6, 6.07) is 10.7. The first kappa shape index (κ1) is 21.7. The molecule has 0 radical (unpaired) electrons. The topological polar surface area (TPSA) is 93.1 Å². The molecule has 30 heavy (non-hydrogen) atoms. The van der Waals surface area contributed by atoms with Gasteiger partial charge < -0.3 is 14.6 Å². The molecule has 2 aromatic rings. The second-order valence-corrected chi connectivity index (χ2v) is 7.87. The van der Waals surface area contributed by atoms with Gasteiger partial charge in [0.1, 0.15) is 0 Å². The number of thioether (sulfide) groups is 1. The van der Waals surface area contributed by atoms with Crippen LogP contribution in [0.3, 0.4) is 0 Å². The average Bonchev–Trinajstić information content (AvgIpc) is 2.94. The molecule has 0 unspecified atom stereocenters. The summed E-state index contributed by atoms with van der Waals surface area (Å²) in [4.78, 5) is 37.3. The normalized spacial score (nSPS) is 15.0. The number of amides is 2. The largest absolute Gasteiger partial charge is 0.493 e. The Morgan fingerprint density at radius 1 is 1.27 bits per heavy atom. The van der Waals surface area contributed by atoms with Crippen LogP contribution in [-0.4, -0.2) is 40.8 Å². The number of methoxy groups -OCH3 is 1. The van der Waals surface area contributed by atoms with Crippen molar-refractivity contribution in [2.24, 2.45) is 0 Å². The number of halogens is 1. The van der Waals surface area contributed by atoms with E-state index in [-0.39, 0.29) is 33.2 Å². The smallest absolute Gasteiger partial charge is 0.341 e. The number of nitrogens with zero attached hydrogens (tertiary/aromatic N) is 1. The molecule has 0 atom stereocenters. The lowest BCUT2D eigenvalue weighted by Crippen LogP contribution is -2.27. The van der Waals surface area contributed by atoms with E-state index in [1.807, 2.05) is 31.2 Å². The van der Waals surface area contributed by atoms with E-state index in [9.17, 15) is 14.4 Å². The molecule has 2 amide bonds. The van der Waals surface area contributed by atoms with Gasteiger partial charge in [-0.1, -0.05) is 41.4 Å². The van der Waals surface area contributed by atoms with E-state index in [0.717, 1.165) is 22.9 Å². The van der Waals surface area contributed by atoms with E-state index in [1.54, 1.807) is 6.07 Å². The number of carbonyl (C=O) groups is 3. The van der Waals surface area contributed by atoms with Crippen molar-refractivity contribution in [3.63, 3.8) is 0 Å². The summed E-state index contributed by atoms with van der Waals surface area (Å²) in [6.07, 6.45) is 1.54. The van der Waals surface area contributed by atoms with Gasteiger partial charge in [0.05, 0.1) is 23.6 Å². The van der Waals surface area contributed by atoms with Crippen LogP contribution in [0, 0.1) is 6.92 Å². The summed E-state index contributed by atoms with van der Waals surface area (Å²) >= 11 is 7.05. The molecular formula is C21H18ClNO6S.